The van der Waals surface area contributed by atoms with Gasteiger partial charge in [0.2, 0.25) is 0 Å². The van der Waals surface area contributed by atoms with Crippen molar-refractivity contribution in [1.29, 1.82) is 0 Å². The summed E-state index contributed by atoms with van der Waals surface area (Å²) in [6.45, 7) is 2.95. The molecule has 9 heteroatoms. The van der Waals surface area contributed by atoms with E-state index in [-0.39, 0.29) is 21.9 Å². The lowest BCUT2D eigenvalue weighted by atomic mass is 10.0. The third-order valence-corrected chi connectivity index (χ3v) is 6.24. The van der Waals surface area contributed by atoms with E-state index in [1.165, 1.54) is 12.6 Å². The molecule has 0 bridgehead atoms. The van der Waals surface area contributed by atoms with Crippen LogP contribution in [0.2, 0.25) is 0 Å². The molecule has 1 aliphatic heterocycles. The van der Waals surface area contributed by atoms with Crippen molar-refractivity contribution in [2.75, 3.05) is 20.3 Å². The van der Waals surface area contributed by atoms with Crippen molar-refractivity contribution in [1.82, 2.24) is 9.71 Å². The number of methoxy groups -OCH3 is 1. The monoisotopic (exact) mass is 334 g/mol. The average Bonchev–Trinajstić information content (AvgIpc) is 3.12. The first-order chi connectivity index (χ1) is 9.99. The van der Waals surface area contributed by atoms with E-state index in [1.807, 2.05) is 6.92 Å². The molecule has 21 heavy (non-hydrogen) atoms. The van der Waals surface area contributed by atoms with Crippen molar-refractivity contribution < 1.29 is 22.7 Å². The normalized spacial score (nSPS) is 22.4. The van der Waals surface area contributed by atoms with Crippen LogP contribution < -0.4 is 4.72 Å². The highest BCUT2D eigenvalue weighted by molar-refractivity contribution is 7.91. The van der Waals surface area contributed by atoms with Crippen molar-refractivity contribution in [2.24, 2.45) is 5.92 Å². The van der Waals surface area contributed by atoms with E-state index < -0.39 is 16.0 Å². The first kappa shape index (κ1) is 16.3. The lowest BCUT2D eigenvalue weighted by Gasteiger charge is -2.17. The van der Waals surface area contributed by atoms with E-state index in [2.05, 4.69) is 14.4 Å². The van der Waals surface area contributed by atoms with E-state index in [0.29, 0.717) is 13.2 Å². The molecule has 1 aliphatic rings. The topological polar surface area (TPSA) is 94.6 Å². The predicted octanol–water partition coefficient (Wildman–Crippen LogP) is 1.02. The third-order valence-electron chi connectivity index (χ3n) is 3.44. The Balaban J connectivity index is 2.09. The van der Waals surface area contributed by atoms with Crippen LogP contribution in [0, 0.1) is 5.92 Å². The van der Waals surface area contributed by atoms with Crippen LogP contribution in [0.5, 0.6) is 0 Å². The average molecular weight is 334 g/mol. The number of nitrogens with one attached hydrogen (secondary N) is 1. The smallest absolute Gasteiger partial charge is 0.358 e. The van der Waals surface area contributed by atoms with E-state index in [0.717, 1.165) is 24.2 Å². The summed E-state index contributed by atoms with van der Waals surface area (Å²) in [6.07, 6.45) is 1.75. The number of hydrogen-bond acceptors (Lipinski definition) is 7. The lowest BCUT2D eigenvalue weighted by molar-refractivity contribution is 0.0590. The molecule has 0 saturated carbocycles. The molecule has 0 aromatic carbocycles. The van der Waals surface area contributed by atoms with Crippen LogP contribution in [0.4, 0.5) is 0 Å². The zero-order chi connectivity index (χ0) is 15.5. The molecule has 1 saturated heterocycles. The van der Waals surface area contributed by atoms with Crippen molar-refractivity contribution in [2.45, 2.75) is 30.1 Å². The second kappa shape index (κ2) is 6.82. The first-order valence-corrected chi connectivity index (χ1v) is 8.99. The molecule has 0 amide bonds. The molecular formula is C12H18N2O5S2. The van der Waals surface area contributed by atoms with Gasteiger partial charge in [-0.1, -0.05) is 6.92 Å². The minimum atomic E-state index is -3.77. The fraction of sp³-hybridized carbons (Fsp3) is 0.667. The maximum Gasteiger partial charge on any atom is 0.358 e. The third kappa shape index (κ3) is 3.60. The minimum absolute atomic E-state index is 0.0780. The first-order valence-electron chi connectivity index (χ1n) is 6.62. The number of sulfonamides is 1. The molecule has 0 spiro atoms. The number of hydrogen-bond donors (Lipinski definition) is 1. The zero-order valence-corrected chi connectivity index (χ0v) is 13.5. The molecule has 2 rings (SSSR count). The highest BCUT2D eigenvalue weighted by Gasteiger charge is 2.31. The van der Waals surface area contributed by atoms with Crippen LogP contribution >= 0.6 is 11.3 Å². The number of ether oxygens (including phenoxy) is 2. The van der Waals surface area contributed by atoms with Gasteiger partial charge in [-0.25, -0.2) is 22.9 Å². The van der Waals surface area contributed by atoms with Crippen molar-refractivity contribution in [3.8, 4) is 0 Å². The summed E-state index contributed by atoms with van der Waals surface area (Å²) in [4.78, 5) is 15.3. The van der Waals surface area contributed by atoms with Gasteiger partial charge < -0.3 is 9.47 Å². The van der Waals surface area contributed by atoms with Gasteiger partial charge in [0, 0.05) is 19.1 Å². The summed E-state index contributed by atoms with van der Waals surface area (Å²) in [7, 11) is -2.58. The molecule has 1 aromatic heterocycles. The van der Waals surface area contributed by atoms with Gasteiger partial charge in [-0.15, -0.1) is 11.3 Å². The molecule has 1 aromatic rings. The molecule has 0 radical (unpaired) electrons. The Hall–Kier alpha value is -1.03. The van der Waals surface area contributed by atoms with E-state index in [4.69, 9.17) is 4.74 Å². The molecule has 0 aliphatic carbocycles. The Bertz CT molecular complexity index is 599. The van der Waals surface area contributed by atoms with Crippen LogP contribution in [-0.2, 0) is 19.5 Å². The summed E-state index contributed by atoms with van der Waals surface area (Å²) in [5, 5.41) is 0. The maximum absolute atomic E-state index is 12.3. The minimum Gasteiger partial charge on any atom is -0.464 e. The quantitative estimate of drug-likeness (QED) is 0.781. The lowest BCUT2D eigenvalue weighted by Crippen LogP contribution is -2.33. The zero-order valence-electron chi connectivity index (χ0n) is 11.9. The van der Waals surface area contributed by atoms with Crippen molar-refractivity contribution in [3.05, 3.63) is 11.2 Å². The number of aromatic nitrogens is 1. The van der Waals surface area contributed by atoms with Gasteiger partial charge >= 0.3 is 5.97 Å². The van der Waals surface area contributed by atoms with Crippen molar-refractivity contribution in [3.63, 3.8) is 0 Å². The number of esters is 1. The van der Waals surface area contributed by atoms with Gasteiger partial charge in [0.25, 0.3) is 10.0 Å². The van der Waals surface area contributed by atoms with E-state index in [9.17, 15) is 13.2 Å². The maximum atomic E-state index is 12.3. The van der Waals surface area contributed by atoms with Crippen LogP contribution in [0.1, 0.15) is 30.3 Å². The summed E-state index contributed by atoms with van der Waals surface area (Å²) in [5.41, 5.74) is 1.14. The standard InChI is InChI=1S/C12H18N2O5S2/c1-3-9-8(4-5-19-9)6-14-21(16,17)12-10(11(15)18-2)13-7-20-12/h7-9,14H,3-6H2,1-2H3. The predicted molar refractivity (Wildman–Crippen MR) is 76.8 cm³/mol. The summed E-state index contributed by atoms with van der Waals surface area (Å²) in [5.74, 6) is -0.605. The van der Waals surface area contributed by atoms with Crippen LogP contribution in [-0.4, -0.2) is 45.7 Å². The Morgan fingerprint density at radius 1 is 1.62 bits per heavy atom. The van der Waals surface area contributed by atoms with Gasteiger partial charge in [0.1, 0.15) is 0 Å². The van der Waals surface area contributed by atoms with Gasteiger partial charge in [-0.2, -0.15) is 0 Å². The largest absolute Gasteiger partial charge is 0.464 e. The Morgan fingerprint density at radius 3 is 3.05 bits per heavy atom. The second-order valence-electron chi connectivity index (χ2n) is 4.70. The highest BCUT2D eigenvalue weighted by atomic mass is 32.2. The molecule has 7 nitrogen and oxygen atoms in total. The molecule has 118 valence electrons. The summed E-state index contributed by atoms with van der Waals surface area (Å²) in [6, 6.07) is 0. The van der Waals surface area contributed by atoms with E-state index in [1.54, 1.807) is 0 Å². The number of nitrogens with zero attached hydrogens (tertiary/aromatic N) is 1. The fourth-order valence-electron chi connectivity index (χ4n) is 2.32. The number of carbonyl (C=O) groups excluding carboxylic acids is 1. The summed E-state index contributed by atoms with van der Waals surface area (Å²) >= 11 is 0.896. The number of rotatable bonds is 6. The number of carbonyl (C=O) groups is 1. The number of thiazole rings is 1. The molecule has 1 fully saturated rings. The highest BCUT2D eigenvalue weighted by Crippen LogP contribution is 2.24. The second-order valence-corrected chi connectivity index (χ2v) is 7.52. The fourth-order valence-corrected chi connectivity index (χ4v) is 4.59. The molecule has 2 heterocycles. The van der Waals surface area contributed by atoms with Crippen LogP contribution in [0.25, 0.3) is 0 Å². The van der Waals surface area contributed by atoms with Gasteiger partial charge in [0.15, 0.2) is 9.90 Å². The molecule has 2 unspecified atom stereocenters. The van der Waals surface area contributed by atoms with Crippen LogP contribution in [0.15, 0.2) is 9.72 Å². The van der Waals surface area contributed by atoms with E-state index >= 15 is 0 Å². The van der Waals surface area contributed by atoms with Gasteiger partial charge in [0.05, 0.1) is 18.7 Å². The van der Waals surface area contributed by atoms with Crippen molar-refractivity contribution >= 4 is 27.3 Å². The SMILES string of the molecule is CCC1OCCC1CNS(=O)(=O)c1scnc1C(=O)OC. The molecular weight excluding hydrogens is 316 g/mol. The molecule has 1 N–H and O–H groups in total. The van der Waals surface area contributed by atoms with Gasteiger partial charge in [-0.3, -0.25) is 0 Å². The van der Waals surface area contributed by atoms with Crippen LogP contribution in [0.3, 0.4) is 0 Å². The Morgan fingerprint density at radius 2 is 2.38 bits per heavy atom. The molecule has 2 atom stereocenters. The van der Waals surface area contributed by atoms with Gasteiger partial charge in [-0.05, 0) is 12.8 Å². The Kier molecular flexibility index (Phi) is 5.31. The summed E-state index contributed by atoms with van der Waals surface area (Å²) < 4.78 is 37.1. The Labute approximate surface area is 127 Å².